The number of carbonyl (C=O) groups excluding carboxylic acids is 7. The average Bonchev–Trinajstić information content (AvgIpc) is 4.01. The molecule has 69 heavy (non-hydrogen) atoms. The van der Waals surface area contributed by atoms with Crippen LogP contribution in [0.4, 0.5) is 33.6 Å². The molecule has 1 saturated carbocycles. The van der Waals surface area contributed by atoms with Crippen LogP contribution < -0.4 is 35.8 Å². The summed E-state index contributed by atoms with van der Waals surface area (Å²) in [7, 11) is 4.54. The minimum Gasteiger partial charge on any atom is -0.495 e. The van der Waals surface area contributed by atoms with Gasteiger partial charge in [0, 0.05) is 80.7 Å². The maximum Gasteiger partial charge on any atom is 0.410 e. The number of piperidine rings is 2. The molecular weight excluding hydrogens is 891 g/mol. The fraction of sp³-hybridized carbons (Fsp3) is 0.521. The van der Waals surface area contributed by atoms with E-state index < -0.39 is 23.9 Å². The third kappa shape index (κ3) is 10.7. The topological polar surface area (TPSA) is 237 Å². The van der Waals surface area contributed by atoms with Gasteiger partial charge in [0.2, 0.25) is 29.6 Å². The summed E-state index contributed by atoms with van der Waals surface area (Å²) < 4.78 is 16.5. The van der Waals surface area contributed by atoms with Crippen LogP contribution in [0.1, 0.15) is 91.0 Å². The molecule has 0 radical (unpaired) electrons. The highest BCUT2D eigenvalue weighted by Gasteiger charge is 2.42. The van der Waals surface area contributed by atoms with Crippen LogP contribution in [0, 0.1) is 0 Å². The number of aromatic nitrogens is 2. The lowest BCUT2D eigenvalue weighted by Crippen LogP contribution is -2.55. The molecule has 2 atom stereocenters. The van der Waals surface area contributed by atoms with Crippen LogP contribution in [0.5, 0.6) is 5.75 Å². The van der Waals surface area contributed by atoms with E-state index in [1.54, 1.807) is 61.7 Å². The van der Waals surface area contributed by atoms with E-state index in [2.05, 4.69) is 36.1 Å². The van der Waals surface area contributed by atoms with E-state index in [-0.39, 0.29) is 80.8 Å². The van der Waals surface area contributed by atoms with Gasteiger partial charge in [0.25, 0.3) is 11.8 Å². The van der Waals surface area contributed by atoms with Crippen molar-refractivity contribution in [2.45, 2.75) is 95.4 Å². The number of methoxy groups -OCH3 is 2. The summed E-state index contributed by atoms with van der Waals surface area (Å²) in [5.41, 5.74) is 3.02. The Labute approximate surface area is 400 Å². The normalized spacial score (nSPS) is 19.8. The van der Waals surface area contributed by atoms with Gasteiger partial charge in [-0.2, -0.15) is 4.98 Å². The number of likely N-dealkylation sites (tertiary alicyclic amines) is 1. The first-order chi connectivity index (χ1) is 33.4. The molecule has 0 bridgehead atoms. The Kier molecular flexibility index (Phi) is 15.2. The fourth-order valence-corrected chi connectivity index (χ4v) is 9.97. The third-order valence-electron chi connectivity index (χ3n) is 13.7. The lowest BCUT2D eigenvalue weighted by atomic mass is 10.0. The molecule has 8 rings (SSSR count). The Morgan fingerprint density at radius 1 is 0.957 bits per heavy atom. The molecule has 1 aliphatic carbocycles. The molecular formula is C48H61N11O10. The number of carbonyl (C=O) groups is 7. The minimum absolute atomic E-state index is 0.0244. The zero-order valence-corrected chi connectivity index (χ0v) is 39.6. The number of anilines is 5. The van der Waals surface area contributed by atoms with Gasteiger partial charge in [0.15, 0.2) is 5.82 Å². The second kappa shape index (κ2) is 21.6. The van der Waals surface area contributed by atoms with Crippen molar-refractivity contribution in [3.8, 4) is 5.75 Å². The van der Waals surface area contributed by atoms with Gasteiger partial charge in [-0.3, -0.25) is 39.0 Å². The van der Waals surface area contributed by atoms with Crippen LogP contribution in [0.2, 0.25) is 0 Å². The van der Waals surface area contributed by atoms with Gasteiger partial charge in [-0.1, -0.05) is 25.8 Å². The minimum atomic E-state index is -0.795. The number of nitrogens with one attached hydrogen (secondary N) is 4. The molecule has 4 aliphatic heterocycles. The average molecular weight is 952 g/mol. The summed E-state index contributed by atoms with van der Waals surface area (Å²) in [6, 6.07) is 9.25. The Morgan fingerprint density at radius 3 is 2.46 bits per heavy atom. The van der Waals surface area contributed by atoms with Crippen molar-refractivity contribution in [3.05, 3.63) is 59.3 Å². The molecule has 3 aromatic rings. The van der Waals surface area contributed by atoms with E-state index in [1.807, 2.05) is 6.92 Å². The molecule has 2 saturated heterocycles. The first-order valence-corrected chi connectivity index (χ1v) is 23.8. The van der Waals surface area contributed by atoms with Crippen LogP contribution in [-0.2, 0) is 35.2 Å². The van der Waals surface area contributed by atoms with Gasteiger partial charge in [-0.05, 0) is 68.9 Å². The maximum absolute atomic E-state index is 13.5. The van der Waals surface area contributed by atoms with Gasteiger partial charge in [0.1, 0.15) is 30.1 Å². The molecule has 2 aromatic carbocycles. The zero-order chi connectivity index (χ0) is 48.8. The number of rotatable bonds is 17. The van der Waals surface area contributed by atoms with Crippen LogP contribution in [-0.4, -0.2) is 158 Å². The van der Waals surface area contributed by atoms with E-state index in [1.165, 1.54) is 16.9 Å². The van der Waals surface area contributed by atoms with E-state index >= 15 is 0 Å². The molecule has 7 amide bonds. The molecule has 1 aromatic heterocycles. The number of fused-ring (bicyclic) bond motifs is 2. The molecule has 0 spiro atoms. The predicted molar refractivity (Wildman–Crippen MR) is 253 cm³/mol. The van der Waals surface area contributed by atoms with Crippen LogP contribution >= 0.6 is 0 Å². The monoisotopic (exact) mass is 951 g/mol. The number of ether oxygens (including phenoxy) is 3. The number of amides is 7. The van der Waals surface area contributed by atoms with Crippen molar-refractivity contribution in [2.75, 3.05) is 87.6 Å². The number of nitrogens with zero attached hydrogens (tertiary/aromatic N) is 7. The largest absolute Gasteiger partial charge is 0.495 e. The lowest BCUT2D eigenvalue weighted by Gasteiger charge is -2.43. The zero-order valence-electron chi connectivity index (χ0n) is 39.6. The summed E-state index contributed by atoms with van der Waals surface area (Å²) in [6.07, 6.45) is 7.77. The van der Waals surface area contributed by atoms with Crippen molar-refractivity contribution in [2.24, 2.45) is 0 Å². The first-order valence-electron chi connectivity index (χ1n) is 23.8. The molecule has 3 fully saturated rings. The van der Waals surface area contributed by atoms with Crippen molar-refractivity contribution in [3.63, 3.8) is 0 Å². The van der Waals surface area contributed by atoms with Crippen LogP contribution in [0.3, 0.4) is 0 Å². The van der Waals surface area contributed by atoms with Crippen molar-refractivity contribution in [1.82, 2.24) is 35.3 Å². The summed E-state index contributed by atoms with van der Waals surface area (Å²) >= 11 is 0. The predicted octanol–water partition coefficient (Wildman–Crippen LogP) is 3.41. The van der Waals surface area contributed by atoms with Gasteiger partial charge in [0.05, 0.1) is 39.3 Å². The number of likely N-dealkylation sites (N-methyl/N-ethyl adjacent to an activating group) is 1. The Bertz CT molecular complexity index is 2460. The Hall–Kier alpha value is -6.87. The highest BCUT2D eigenvalue weighted by molar-refractivity contribution is 6.07. The van der Waals surface area contributed by atoms with Crippen LogP contribution in [0.15, 0.2) is 42.6 Å². The highest BCUT2D eigenvalue weighted by atomic mass is 16.5. The fourth-order valence-electron chi connectivity index (χ4n) is 9.97. The van der Waals surface area contributed by atoms with E-state index in [9.17, 15) is 33.6 Å². The number of benzene rings is 2. The van der Waals surface area contributed by atoms with E-state index in [0.717, 1.165) is 57.4 Å². The van der Waals surface area contributed by atoms with Crippen molar-refractivity contribution in [1.29, 1.82) is 0 Å². The second-order valence-corrected chi connectivity index (χ2v) is 18.0. The lowest BCUT2D eigenvalue weighted by molar-refractivity contribution is -0.137. The smallest absolute Gasteiger partial charge is 0.410 e. The molecule has 4 N–H and O–H groups in total. The van der Waals surface area contributed by atoms with Crippen molar-refractivity contribution >= 4 is 70.4 Å². The number of imide groups is 1. The Balaban J connectivity index is 0.770. The second-order valence-electron chi connectivity index (χ2n) is 18.0. The van der Waals surface area contributed by atoms with Gasteiger partial charge >= 0.3 is 6.09 Å². The Morgan fingerprint density at radius 2 is 1.74 bits per heavy atom. The van der Waals surface area contributed by atoms with Gasteiger partial charge in [-0.15, -0.1) is 0 Å². The summed E-state index contributed by atoms with van der Waals surface area (Å²) in [5.74, 6) is -0.378. The quantitative estimate of drug-likeness (QED) is 0.112. The van der Waals surface area contributed by atoms with E-state index in [0.29, 0.717) is 65.0 Å². The number of hydrogen-bond donors (Lipinski definition) is 4. The first kappa shape index (κ1) is 48.6. The maximum atomic E-state index is 13.5. The van der Waals surface area contributed by atoms with Gasteiger partial charge < -0.3 is 49.8 Å². The molecule has 21 nitrogen and oxygen atoms in total. The highest BCUT2D eigenvalue weighted by Crippen LogP contribution is 2.41. The molecule has 368 valence electrons. The molecule has 5 aliphatic rings. The summed E-state index contributed by atoms with van der Waals surface area (Å²) in [5, 5.41) is 11.5. The van der Waals surface area contributed by atoms with E-state index in [4.69, 9.17) is 19.2 Å². The van der Waals surface area contributed by atoms with Crippen LogP contribution in [0.25, 0.3) is 0 Å². The van der Waals surface area contributed by atoms with Crippen molar-refractivity contribution < 1.29 is 47.8 Å². The van der Waals surface area contributed by atoms with Gasteiger partial charge in [-0.25, -0.2) is 9.78 Å². The summed E-state index contributed by atoms with van der Waals surface area (Å²) in [6.45, 7) is 4.55. The number of hydrogen-bond acceptors (Lipinski definition) is 15. The summed E-state index contributed by atoms with van der Waals surface area (Å²) in [4.78, 5) is 108. The molecule has 5 heterocycles. The molecule has 1 unspecified atom stereocenters. The standard InChI is InChI=1S/C48H61N11O10/c1-5-36-46(65)55(2)38-26-49-47(54-42(38)59(36)31-9-6-7-10-31)52-35-14-13-29(25-39(35)67-3)43(62)50-30-17-19-56(20-18-30)21-23-69-24-22-57(48(66)68-4)28-41(61)51-34-12-8-11-32-33(34)27-58(45(32)64)37-15-16-40(60)53-44(37)63/h8,11-14,25-26,30-31,36-37H,5-7,9-10,15-24,27-28H2,1-4H3,(H,50,62)(H,51,61)(H,49,52,54)(H,53,60,63)/t36-,37?/m1/s1. The third-order valence-corrected chi connectivity index (χ3v) is 13.7. The molecule has 21 heteroatoms. The SMILES string of the molecule is CC[C@@H]1C(=O)N(C)c2cnc(Nc3ccc(C(=O)NC4CCN(CCOCCN(CC(=O)Nc5cccc6c5CN(C5CCC(=O)NC5=O)C6=O)C(=O)OC)CC4)cc3OC)nc2N1C1CCCC1.